The lowest BCUT2D eigenvalue weighted by atomic mass is 10.2. The molecule has 0 fully saturated rings. The molecule has 1 amide bonds. The van der Waals surface area contributed by atoms with Gasteiger partial charge in [0.15, 0.2) is 6.61 Å². The number of hydrogen-bond acceptors (Lipinski definition) is 5. The summed E-state index contributed by atoms with van der Waals surface area (Å²) in [5, 5.41) is 0.385. The number of carbonyl (C=O) groups is 1. The molecule has 0 aliphatic rings. The van der Waals surface area contributed by atoms with Crippen LogP contribution in [0.25, 0.3) is 16.6 Å². The van der Waals surface area contributed by atoms with Crippen LogP contribution < -0.4 is 20.8 Å². The van der Waals surface area contributed by atoms with Gasteiger partial charge in [0, 0.05) is 6.07 Å². The summed E-state index contributed by atoms with van der Waals surface area (Å²) in [6.07, 6.45) is 0. The summed E-state index contributed by atoms with van der Waals surface area (Å²) in [7, 11) is 1.57. The van der Waals surface area contributed by atoms with Crippen molar-refractivity contribution >= 4 is 16.8 Å². The average molecular weight is 339 g/mol. The van der Waals surface area contributed by atoms with Gasteiger partial charge in [0.25, 0.3) is 11.5 Å². The average Bonchev–Trinajstić information content (AvgIpc) is 2.60. The lowest BCUT2D eigenvalue weighted by molar-refractivity contribution is -0.119. The Bertz CT molecular complexity index is 1010. The Morgan fingerprint density at radius 1 is 1.20 bits per heavy atom. The molecule has 0 saturated carbocycles. The van der Waals surface area contributed by atoms with E-state index >= 15 is 0 Å². The van der Waals surface area contributed by atoms with Gasteiger partial charge in [-0.25, -0.2) is 4.98 Å². The Hall–Kier alpha value is -3.35. The van der Waals surface area contributed by atoms with E-state index in [1.54, 1.807) is 56.5 Å². The van der Waals surface area contributed by atoms with Crippen LogP contribution in [0.15, 0.2) is 47.3 Å². The molecule has 2 N–H and O–H groups in total. The molecule has 0 unspecified atom stereocenters. The van der Waals surface area contributed by atoms with E-state index in [-0.39, 0.29) is 12.2 Å². The molecule has 7 nitrogen and oxygen atoms in total. The summed E-state index contributed by atoms with van der Waals surface area (Å²) in [5.74, 6) is 0.987. The van der Waals surface area contributed by atoms with Crippen molar-refractivity contribution in [2.24, 2.45) is 5.73 Å². The minimum Gasteiger partial charge on any atom is -0.497 e. The van der Waals surface area contributed by atoms with Gasteiger partial charge in [0.05, 0.1) is 23.7 Å². The minimum atomic E-state index is -0.587. The number of benzene rings is 2. The Morgan fingerprint density at radius 2 is 2.00 bits per heavy atom. The molecular weight excluding hydrogens is 322 g/mol. The summed E-state index contributed by atoms with van der Waals surface area (Å²) in [6.45, 7) is 1.51. The molecule has 128 valence electrons. The van der Waals surface area contributed by atoms with Crippen molar-refractivity contribution in [3.63, 3.8) is 0 Å². The van der Waals surface area contributed by atoms with Crippen molar-refractivity contribution in [1.82, 2.24) is 9.55 Å². The summed E-state index contributed by atoms with van der Waals surface area (Å²) < 4.78 is 12.0. The third-order valence-corrected chi connectivity index (χ3v) is 3.70. The fourth-order valence-electron chi connectivity index (χ4n) is 2.57. The van der Waals surface area contributed by atoms with Crippen LogP contribution in [0.3, 0.4) is 0 Å². The highest BCUT2D eigenvalue weighted by Gasteiger charge is 2.12. The normalized spacial score (nSPS) is 10.6. The van der Waals surface area contributed by atoms with Gasteiger partial charge in [-0.15, -0.1) is 0 Å². The topological polar surface area (TPSA) is 96.4 Å². The van der Waals surface area contributed by atoms with Crippen LogP contribution in [0.2, 0.25) is 0 Å². The number of aromatic nitrogens is 2. The largest absolute Gasteiger partial charge is 0.497 e. The van der Waals surface area contributed by atoms with Crippen molar-refractivity contribution < 1.29 is 14.3 Å². The third kappa shape index (κ3) is 3.30. The van der Waals surface area contributed by atoms with Crippen LogP contribution in [0.5, 0.6) is 11.5 Å². The second-order valence-electron chi connectivity index (χ2n) is 5.44. The zero-order valence-electron chi connectivity index (χ0n) is 13.9. The van der Waals surface area contributed by atoms with Crippen molar-refractivity contribution in [2.75, 3.05) is 13.7 Å². The van der Waals surface area contributed by atoms with Crippen LogP contribution in [-0.2, 0) is 4.79 Å². The summed E-state index contributed by atoms with van der Waals surface area (Å²) >= 11 is 0. The van der Waals surface area contributed by atoms with Gasteiger partial charge >= 0.3 is 0 Å². The maximum Gasteiger partial charge on any atom is 0.266 e. The molecule has 0 aliphatic heterocycles. The number of hydrogen-bond donors (Lipinski definition) is 1. The van der Waals surface area contributed by atoms with E-state index in [0.717, 1.165) is 0 Å². The first-order chi connectivity index (χ1) is 12.0. The SMILES string of the molecule is COc1cccc(-n2c(C)nc3ccc(OCC(N)=O)cc3c2=O)c1. The van der Waals surface area contributed by atoms with Gasteiger partial charge in [-0.2, -0.15) is 0 Å². The molecule has 1 aromatic heterocycles. The van der Waals surface area contributed by atoms with Crippen LogP contribution in [0.4, 0.5) is 0 Å². The van der Waals surface area contributed by atoms with E-state index in [1.165, 1.54) is 4.57 Å². The van der Waals surface area contributed by atoms with E-state index in [1.807, 2.05) is 0 Å². The van der Waals surface area contributed by atoms with E-state index in [2.05, 4.69) is 4.98 Å². The third-order valence-electron chi connectivity index (χ3n) is 3.70. The number of ether oxygens (including phenoxy) is 2. The number of rotatable bonds is 5. The molecule has 3 aromatic rings. The highest BCUT2D eigenvalue weighted by atomic mass is 16.5. The van der Waals surface area contributed by atoms with Gasteiger partial charge in [0.2, 0.25) is 0 Å². The molecule has 3 rings (SSSR count). The van der Waals surface area contributed by atoms with Crippen LogP contribution in [0, 0.1) is 6.92 Å². The van der Waals surface area contributed by atoms with Crippen LogP contribution in [-0.4, -0.2) is 29.2 Å². The van der Waals surface area contributed by atoms with Crippen molar-refractivity contribution in [3.8, 4) is 17.2 Å². The summed E-state index contributed by atoms with van der Waals surface area (Å²) in [6, 6.07) is 12.0. The number of amides is 1. The van der Waals surface area contributed by atoms with E-state index < -0.39 is 5.91 Å². The number of methoxy groups -OCH3 is 1. The lowest BCUT2D eigenvalue weighted by Gasteiger charge is -2.12. The molecule has 1 heterocycles. The molecular formula is C18H17N3O4. The van der Waals surface area contributed by atoms with Gasteiger partial charge in [-0.1, -0.05) is 6.07 Å². The fourth-order valence-corrected chi connectivity index (χ4v) is 2.57. The van der Waals surface area contributed by atoms with E-state index in [9.17, 15) is 9.59 Å². The summed E-state index contributed by atoms with van der Waals surface area (Å²) in [5.41, 5.74) is 6.04. The van der Waals surface area contributed by atoms with Crippen LogP contribution >= 0.6 is 0 Å². The van der Waals surface area contributed by atoms with Crippen molar-refractivity contribution in [2.45, 2.75) is 6.92 Å². The first kappa shape index (κ1) is 16.5. The number of nitrogens with two attached hydrogens (primary N) is 1. The molecule has 0 aliphatic carbocycles. The second-order valence-corrected chi connectivity index (χ2v) is 5.44. The fraction of sp³-hybridized carbons (Fsp3) is 0.167. The van der Waals surface area contributed by atoms with E-state index in [4.69, 9.17) is 15.2 Å². The molecule has 0 atom stereocenters. The minimum absolute atomic E-state index is 0.236. The lowest BCUT2D eigenvalue weighted by Crippen LogP contribution is -2.23. The Kier molecular flexibility index (Phi) is 4.38. The Morgan fingerprint density at radius 3 is 2.72 bits per heavy atom. The summed E-state index contributed by atoms with van der Waals surface area (Å²) in [4.78, 5) is 28.3. The Labute approximate surface area is 143 Å². The molecule has 7 heteroatoms. The zero-order chi connectivity index (χ0) is 18.0. The Balaban J connectivity index is 2.15. The standard InChI is InChI=1S/C18H17N3O4/c1-11-20-16-7-6-14(25-10-17(19)22)9-15(16)18(23)21(11)12-4-3-5-13(8-12)24-2/h3-9H,10H2,1-2H3,(H2,19,22). The van der Waals surface area contributed by atoms with Gasteiger partial charge in [0.1, 0.15) is 17.3 Å². The first-order valence-corrected chi connectivity index (χ1v) is 7.58. The molecule has 0 spiro atoms. The molecule has 2 aromatic carbocycles. The first-order valence-electron chi connectivity index (χ1n) is 7.58. The highest BCUT2D eigenvalue weighted by Crippen LogP contribution is 2.20. The number of primary amides is 1. The number of fused-ring (bicyclic) bond motifs is 1. The van der Waals surface area contributed by atoms with Gasteiger partial charge in [-0.05, 0) is 37.3 Å². The number of carbonyl (C=O) groups excluding carboxylic acids is 1. The predicted molar refractivity (Wildman–Crippen MR) is 93.3 cm³/mol. The highest BCUT2D eigenvalue weighted by molar-refractivity contribution is 5.80. The maximum atomic E-state index is 13.0. The monoisotopic (exact) mass is 339 g/mol. The molecule has 0 radical (unpaired) electrons. The van der Waals surface area contributed by atoms with Gasteiger partial charge in [-0.3, -0.25) is 14.2 Å². The quantitative estimate of drug-likeness (QED) is 0.761. The number of aryl methyl sites for hydroxylation is 1. The zero-order valence-corrected chi connectivity index (χ0v) is 13.9. The van der Waals surface area contributed by atoms with E-state index in [0.29, 0.717) is 33.9 Å². The van der Waals surface area contributed by atoms with Crippen molar-refractivity contribution in [3.05, 3.63) is 58.6 Å². The second kappa shape index (κ2) is 6.64. The number of nitrogens with zero attached hydrogens (tertiary/aromatic N) is 2. The molecule has 25 heavy (non-hydrogen) atoms. The smallest absolute Gasteiger partial charge is 0.266 e. The molecule has 0 bridgehead atoms. The van der Waals surface area contributed by atoms with Crippen molar-refractivity contribution in [1.29, 1.82) is 0 Å². The maximum absolute atomic E-state index is 13.0. The predicted octanol–water partition coefficient (Wildman–Crippen LogP) is 1.57. The van der Waals surface area contributed by atoms with Gasteiger partial charge < -0.3 is 15.2 Å². The molecule has 0 saturated heterocycles. The van der Waals surface area contributed by atoms with Crippen LogP contribution in [0.1, 0.15) is 5.82 Å².